The van der Waals surface area contributed by atoms with Crippen molar-refractivity contribution in [3.05, 3.63) is 29.8 Å². The summed E-state index contributed by atoms with van der Waals surface area (Å²) >= 11 is 0. The van der Waals surface area contributed by atoms with Crippen LogP contribution in [0.4, 0.5) is 5.69 Å². The molecule has 0 radical (unpaired) electrons. The molecule has 136 valence electrons. The van der Waals surface area contributed by atoms with Crippen molar-refractivity contribution in [3.63, 3.8) is 0 Å². The number of carbonyl (C=O) groups is 1. The van der Waals surface area contributed by atoms with E-state index in [2.05, 4.69) is 46.7 Å². The molecule has 0 bridgehead atoms. The SMILES string of the molecule is Cc1cccc(NC2CCN(C(=O)C3CC4CCCCC4N3)CC2)c1. The van der Waals surface area contributed by atoms with Gasteiger partial charge in [-0.15, -0.1) is 0 Å². The Bertz CT molecular complexity index is 595. The van der Waals surface area contributed by atoms with Crippen LogP contribution in [0.25, 0.3) is 0 Å². The fourth-order valence-electron chi connectivity index (χ4n) is 4.95. The van der Waals surface area contributed by atoms with E-state index >= 15 is 0 Å². The van der Waals surface area contributed by atoms with E-state index in [4.69, 9.17) is 0 Å². The Labute approximate surface area is 151 Å². The van der Waals surface area contributed by atoms with Crippen LogP contribution in [-0.4, -0.2) is 42.0 Å². The highest BCUT2D eigenvalue weighted by Crippen LogP contribution is 2.34. The lowest BCUT2D eigenvalue weighted by atomic mass is 9.85. The van der Waals surface area contributed by atoms with Gasteiger partial charge in [0.1, 0.15) is 0 Å². The Morgan fingerprint density at radius 1 is 1.16 bits per heavy atom. The van der Waals surface area contributed by atoms with E-state index in [1.807, 2.05) is 0 Å². The maximum Gasteiger partial charge on any atom is 0.239 e. The number of nitrogens with one attached hydrogen (secondary N) is 2. The average molecular weight is 341 g/mol. The largest absolute Gasteiger partial charge is 0.382 e. The molecule has 2 saturated heterocycles. The standard InChI is InChI=1S/C21H31N3O/c1-15-5-4-7-18(13-15)22-17-9-11-24(12-10-17)21(25)20-14-16-6-2-3-8-19(16)23-20/h4-5,7,13,16-17,19-20,22-23H,2-3,6,8-12,14H2,1H3. The Balaban J connectivity index is 1.27. The average Bonchev–Trinajstić information content (AvgIpc) is 3.06. The number of piperidine rings is 1. The molecule has 2 N–H and O–H groups in total. The number of carbonyl (C=O) groups excluding carboxylic acids is 1. The highest BCUT2D eigenvalue weighted by Gasteiger charge is 2.40. The summed E-state index contributed by atoms with van der Waals surface area (Å²) < 4.78 is 0. The zero-order valence-electron chi connectivity index (χ0n) is 15.3. The van der Waals surface area contributed by atoms with Gasteiger partial charge in [0.15, 0.2) is 0 Å². The summed E-state index contributed by atoms with van der Waals surface area (Å²) in [6.45, 7) is 3.89. The van der Waals surface area contributed by atoms with Gasteiger partial charge < -0.3 is 15.5 Å². The highest BCUT2D eigenvalue weighted by molar-refractivity contribution is 5.82. The second kappa shape index (κ2) is 7.36. The monoisotopic (exact) mass is 341 g/mol. The zero-order chi connectivity index (χ0) is 17.2. The van der Waals surface area contributed by atoms with Crippen LogP contribution >= 0.6 is 0 Å². The van der Waals surface area contributed by atoms with Crippen molar-refractivity contribution in [1.82, 2.24) is 10.2 Å². The van der Waals surface area contributed by atoms with E-state index in [1.54, 1.807) is 0 Å². The highest BCUT2D eigenvalue weighted by atomic mass is 16.2. The molecule has 4 rings (SSSR count). The molecule has 1 aliphatic carbocycles. The third kappa shape index (κ3) is 3.84. The van der Waals surface area contributed by atoms with E-state index < -0.39 is 0 Å². The van der Waals surface area contributed by atoms with E-state index in [1.165, 1.54) is 36.9 Å². The number of amides is 1. The number of benzene rings is 1. The first-order valence-corrected chi connectivity index (χ1v) is 10.1. The molecule has 3 unspecified atom stereocenters. The van der Waals surface area contributed by atoms with Crippen molar-refractivity contribution in [2.24, 2.45) is 5.92 Å². The van der Waals surface area contributed by atoms with Crippen molar-refractivity contribution in [2.45, 2.75) is 70.0 Å². The lowest BCUT2D eigenvalue weighted by Crippen LogP contribution is -2.49. The molecule has 1 saturated carbocycles. The number of likely N-dealkylation sites (tertiary alicyclic amines) is 1. The van der Waals surface area contributed by atoms with Gasteiger partial charge in [-0.2, -0.15) is 0 Å². The third-order valence-electron chi connectivity index (χ3n) is 6.36. The molecule has 25 heavy (non-hydrogen) atoms. The molecule has 3 atom stereocenters. The van der Waals surface area contributed by atoms with Gasteiger partial charge in [-0.3, -0.25) is 4.79 Å². The molecular weight excluding hydrogens is 310 g/mol. The Kier molecular flexibility index (Phi) is 4.98. The topological polar surface area (TPSA) is 44.4 Å². The van der Waals surface area contributed by atoms with Gasteiger partial charge in [0.2, 0.25) is 5.91 Å². The van der Waals surface area contributed by atoms with Gasteiger partial charge in [-0.05, 0) is 62.6 Å². The lowest BCUT2D eigenvalue weighted by Gasteiger charge is -2.34. The smallest absolute Gasteiger partial charge is 0.239 e. The molecule has 4 heteroatoms. The van der Waals surface area contributed by atoms with Gasteiger partial charge in [0.25, 0.3) is 0 Å². The molecule has 1 aromatic carbocycles. The maximum absolute atomic E-state index is 12.9. The van der Waals surface area contributed by atoms with E-state index in [-0.39, 0.29) is 6.04 Å². The minimum absolute atomic E-state index is 0.0781. The van der Waals surface area contributed by atoms with Gasteiger partial charge in [0.05, 0.1) is 6.04 Å². The summed E-state index contributed by atoms with van der Waals surface area (Å²) in [5.41, 5.74) is 2.48. The van der Waals surface area contributed by atoms with Gasteiger partial charge in [0, 0.05) is 30.9 Å². The summed E-state index contributed by atoms with van der Waals surface area (Å²) in [7, 11) is 0. The minimum atomic E-state index is 0.0781. The van der Waals surface area contributed by atoms with Gasteiger partial charge in [-0.25, -0.2) is 0 Å². The summed E-state index contributed by atoms with van der Waals surface area (Å²) in [6.07, 6.45) is 8.38. The molecule has 0 aromatic heterocycles. The second-order valence-electron chi connectivity index (χ2n) is 8.22. The van der Waals surface area contributed by atoms with Crippen molar-refractivity contribution < 1.29 is 4.79 Å². The number of rotatable bonds is 3. The predicted octanol–water partition coefficient (Wildman–Crippen LogP) is 3.32. The van der Waals surface area contributed by atoms with Crippen molar-refractivity contribution >= 4 is 11.6 Å². The Hall–Kier alpha value is -1.55. The lowest BCUT2D eigenvalue weighted by molar-refractivity contribution is -0.134. The van der Waals surface area contributed by atoms with Crippen LogP contribution in [0.2, 0.25) is 0 Å². The summed E-state index contributed by atoms with van der Waals surface area (Å²) in [4.78, 5) is 15.0. The number of hydrogen-bond acceptors (Lipinski definition) is 3. The first-order chi connectivity index (χ1) is 12.2. The van der Waals surface area contributed by atoms with Crippen LogP contribution in [0.3, 0.4) is 0 Å². The molecule has 1 aromatic rings. The molecule has 1 amide bonds. The summed E-state index contributed by atoms with van der Waals surface area (Å²) in [5, 5.41) is 7.28. The van der Waals surface area contributed by atoms with Crippen LogP contribution < -0.4 is 10.6 Å². The molecule has 3 fully saturated rings. The Morgan fingerprint density at radius 3 is 2.72 bits per heavy atom. The normalized spacial score (nSPS) is 30.1. The molecule has 4 nitrogen and oxygen atoms in total. The zero-order valence-corrected chi connectivity index (χ0v) is 15.3. The molecule has 2 aliphatic heterocycles. The van der Waals surface area contributed by atoms with Gasteiger partial charge in [-0.1, -0.05) is 25.0 Å². The molecule has 0 spiro atoms. The number of aryl methyl sites for hydroxylation is 1. The van der Waals surface area contributed by atoms with Crippen LogP contribution in [0.15, 0.2) is 24.3 Å². The number of nitrogens with zero attached hydrogens (tertiary/aromatic N) is 1. The number of anilines is 1. The van der Waals surface area contributed by atoms with Crippen molar-refractivity contribution in [1.29, 1.82) is 0 Å². The van der Waals surface area contributed by atoms with E-state index in [0.717, 1.165) is 38.3 Å². The van der Waals surface area contributed by atoms with Crippen LogP contribution in [0.1, 0.15) is 50.5 Å². The third-order valence-corrected chi connectivity index (χ3v) is 6.36. The molecule has 2 heterocycles. The first-order valence-electron chi connectivity index (χ1n) is 10.1. The minimum Gasteiger partial charge on any atom is -0.382 e. The van der Waals surface area contributed by atoms with Crippen LogP contribution in [0.5, 0.6) is 0 Å². The van der Waals surface area contributed by atoms with E-state index in [9.17, 15) is 4.79 Å². The maximum atomic E-state index is 12.9. The van der Waals surface area contributed by atoms with Crippen LogP contribution in [-0.2, 0) is 4.79 Å². The fourth-order valence-corrected chi connectivity index (χ4v) is 4.95. The van der Waals surface area contributed by atoms with Crippen molar-refractivity contribution in [3.8, 4) is 0 Å². The quantitative estimate of drug-likeness (QED) is 0.886. The number of hydrogen-bond donors (Lipinski definition) is 2. The predicted molar refractivity (Wildman–Crippen MR) is 102 cm³/mol. The second-order valence-corrected chi connectivity index (χ2v) is 8.22. The first kappa shape index (κ1) is 16.9. The van der Waals surface area contributed by atoms with Crippen LogP contribution in [0, 0.1) is 12.8 Å². The van der Waals surface area contributed by atoms with Gasteiger partial charge >= 0.3 is 0 Å². The van der Waals surface area contributed by atoms with Crippen molar-refractivity contribution in [2.75, 3.05) is 18.4 Å². The number of fused-ring (bicyclic) bond motifs is 1. The fraction of sp³-hybridized carbons (Fsp3) is 0.667. The van der Waals surface area contributed by atoms with E-state index in [0.29, 0.717) is 18.0 Å². The Morgan fingerprint density at radius 2 is 1.96 bits per heavy atom. The summed E-state index contributed by atoms with van der Waals surface area (Å²) in [5.74, 6) is 1.09. The molecular formula is C21H31N3O. The molecule has 3 aliphatic rings. The summed E-state index contributed by atoms with van der Waals surface area (Å²) in [6, 6.07) is 9.71.